The van der Waals surface area contributed by atoms with E-state index in [0.717, 1.165) is 49.5 Å². The molecule has 2 N–H and O–H groups in total. The third-order valence-corrected chi connectivity index (χ3v) is 273. The summed E-state index contributed by atoms with van der Waals surface area (Å²) < 4.78 is 57.8. The van der Waals surface area contributed by atoms with Crippen molar-refractivity contribution in [2.45, 2.75) is 13.8 Å². The molecule has 6 nitrogen and oxygen atoms in total. The van der Waals surface area contributed by atoms with Gasteiger partial charge in [-0.15, -0.1) is 179 Å². The second-order valence-electron chi connectivity index (χ2n) is 13.8. The summed E-state index contributed by atoms with van der Waals surface area (Å²) in [5, 5.41) is 17.2. The average molecular weight is 1840 g/mol. The Bertz CT molecular complexity index is 2190. The number of benzene rings is 2. The largest absolute Gasteiger partial charge is 0.491 e. The molecule has 0 aliphatic carbocycles. The van der Waals surface area contributed by atoms with Crippen LogP contribution in [-0.2, 0) is 0 Å². The Morgan fingerprint density at radius 3 is 1.12 bits per heavy atom. The number of halogens is 5. The van der Waals surface area contributed by atoms with Gasteiger partial charge in [-0.2, -0.15) is 0 Å². The minimum atomic E-state index is -1.89. The van der Waals surface area contributed by atoms with E-state index in [1.165, 1.54) is 5.56 Å². The molecule has 0 fully saturated rings. The number of aldehydes is 1. The minimum Gasteiger partial charge on any atom is -0.491 e. The van der Waals surface area contributed by atoms with Crippen LogP contribution in [0.15, 0.2) is 65.5 Å². The molecule has 77 heavy (non-hydrogen) atoms. The zero-order valence-electron chi connectivity index (χ0n) is 40.5. The van der Waals surface area contributed by atoms with Crippen molar-refractivity contribution in [3.63, 3.8) is 0 Å². The van der Waals surface area contributed by atoms with Crippen molar-refractivity contribution in [2.75, 3.05) is 7.11 Å². The number of pyridine rings is 2. The molecule has 434 valence electrons. The summed E-state index contributed by atoms with van der Waals surface area (Å²) >= 11 is 3.23. The maximum Gasteiger partial charge on any atom is 0.488 e. The van der Waals surface area contributed by atoms with Crippen LogP contribution in [0, 0.1) is 37.1 Å². The van der Waals surface area contributed by atoms with Crippen LogP contribution < -0.4 is 10.2 Å². The molecule has 0 radical (unpaired) electrons. The van der Waals surface area contributed by atoms with Gasteiger partial charge < -0.3 is 14.8 Å². The van der Waals surface area contributed by atoms with Gasteiger partial charge in [-0.05, 0) is 209 Å². The number of aromatic nitrogens is 2. The lowest BCUT2D eigenvalue weighted by Crippen LogP contribution is -2.30. The van der Waals surface area contributed by atoms with Crippen molar-refractivity contribution in [2.24, 2.45) is 0 Å². The van der Waals surface area contributed by atoms with Gasteiger partial charge in [0.2, 0.25) is 0 Å². The van der Waals surface area contributed by atoms with Crippen molar-refractivity contribution < 1.29 is 37.1 Å². The third-order valence-electron chi connectivity index (χ3n) is 8.11. The Labute approximate surface area is 531 Å². The van der Waals surface area contributed by atoms with Crippen molar-refractivity contribution in [3.8, 4) is 17.0 Å². The number of carbonyl (C=O) groups excluding carboxylic acids is 1. The molecule has 0 amide bonds. The topological polar surface area (TPSA) is 92.5 Å². The highest BCUT2D eigenvalue weighted by Gasteiger charge is 2.55. The first-order chi connectivity index (χ1) is 35.7. The first-order valence-corrected chi connectivity index (χ1v) is 91.0. The SMILES string of the molecule is COc1c(F)cc(B(O)O)cc1F.Cc1ccc(-c2cc(F)c(C=O)c(F)c2)nc1.Cc1ccc(Br)nc1.PPP(P)P(P(P)P)P(P(P(P(P)P)P(P)P)P(P(P)P)P(P)P)P(P(P(P)P)P(P)P)P(P(P)P)P(P)P. The van der Waals surface area contributed by atoms with Gasteiger partial charge in [-0.25, -0.2) is 22.5 Å². The van der Waals surface area contributed by atoms with E-state index in [1.54, 1.807) is 18.3 Å². The molecule has 2 aromatic heterocycles. The highest BCUT2D eigenvalue weighted by molar-refractivity contribution is 9.48. The molecule has 4 rings (SSSR count). The second kappa shape index (κ2) is 47.2. The van der Waals surface area contributed by atoms with E-state index < -0.39 is 41.7 Å². The molecule has 51 heteroatoms. The number of ether oxygens (including phenoxy) is 1. The van der Waals surface area contributed by atoms with Gasteiger partial charge in [-0.1, -0.05) is 20.1 Å². The summed E-state index contributed by atoms with van der Waals surface area (Å²) in [6.45, 7) is 2.58. The van der Waals surface area contributed by atoms with E-state index in [1.807, 2.05) is 32.2 Å². The lowest BCUT2D eigenvalue weighted by atomic mass is 9.80. The van der Waals surface area contributed by atoms with Gasteiger partial charge in [0, 0.05) is 18.0 Å². The molecule has 0 saturated heterocycles. The van der Waals surface area contributed by atoms with Crippen LogP contribution in [0.2, 0.25) is 0 Å². The van der Waals surface area contributed by atoms with Crippen LogP contribution in [0.4, 0.5) is 17.6 Å². The maximum absolute atomic E-state index is 13.4. The lowest BCUT2D eigenvalue weighted by Gasteiger charge is -2.55. The van der Waals surface area contributed by atoms with Crippen molar-refractivity contribution in [1.29, 1.82) is 0 Å². The highest BCUT2D eigenvalue weighted by Crippen LogP contribution is 3.42. The zero-order valence-corrected chi connectivity index (χ0v) is 82.3. The molecular weight excluding hydrogens is 1780 g/mol. The highest BCUT2D eigenvalue weighted by atomic mass is 79.9. The fraction of sp³-hybridized carbons (Fsp3) is 0.115. The summed E-state index contributed by atoms with van der Waals surface area (Å²) in [7, 11) is 67.9. The number of nitrogens with zero attached hydrogens (tertiary/aromatic N) is 2. The van der Waals surface area contributed by atoms with E-state index in [0.29, 0.717) is 11.3 Å². The van der Waals surface area contributed by atoms with Gasteiger partial charge in [0.1, 0.15) is 16.2 Å². The van der Waals surface area contributed by atoms with Crippen LogP contribution in [0.1, 0.15) is 21.5 Å². The quantitative estimate of drug-likeness (QED) is 0.0268. The smallest absolute Gasteiger partial charge is 0.488 e. The van der Waals surface area contributed by atoms with Crippen LogP contribution in [0.5, 0.6) is 5.75 Å². The summed E-state index contributed by atoms with van der Waals surface area (Å²) in [6, 6.07) is 11.2. The Morgan fingerprint density at radius 2 is 0.870 bits per heavy atom. The fourth-order valence-corrected chi connectivity index (χ4v) is 538. The number of rotatable bonds is 22. The Morgan fingerprint density at radius 1 is 0.532 bits per heavy atom. The molecule has 2 aromatic carbocycles. The third kappa shape index (κ3) is 31.3. The fourth-order valence-electron chi connectivity index (χ4n) is 5.06. The number of carbonyl (C=O) groups is 1. The lowest BCUT2D eigenvalue weighted by molar-refractivity contribution is 0.111. The average Bonchev–Trinajstić information content (AvgIpc) is 3.30. The van der Waals surface area contributed by atoms with E-state index in [2.05, 4.69) is 209 Å². The van der Waals surface area contributed by atoms with Crippen LogP contribution in [0.3, 0.4) is 0 Å². The summed E-state index contributed by atoms with van der Waals surface area (Å²) in [5.41, 5.74) is 2.11. The minimum absolute atomic E-state index is 0.0190. The van der Waals surface area contributed by atoms with E-state index in [9.17, 15) is 22.4 Å². The van der Waals surface area contributed by atoms with Crippen LogP contribution in [-0.4, -0.2) is 40.5 Å². The maximum atomic E-state index is 13.4. The van der Waals surface area contributed by atoms with E-state index in [4.69, 9.17) is 10.0 Å². The molecular formula is C26H63BBrF4N2O4P39. The van der Waals surface area contributed by atoms with Crippen molar-refractivity contribution >= 4 is 347 Å². The summed E-state index contributed by atoms with van der Waals surface area (Å²) in [6.07, 6.45) is 3.60. The summed E-state index contributed by atoms with van der Waals surface area (Å²) in [4.78, 5) is 18.5. The number of hydrogen-bond acceptors (Lipinski definition) is 6. The van der Waals surface area contributed by atoms with Gasteiger partial charge in [0.25, 0.3) is 0 Å². The zero-order chi connectivity index (χ0) is 59.5. The normalized spacial score (nSPS) is 13.0. The van der Waals surface area contributed by atoms with Gasteiger partial charge >= 0.3 is 7.12 Å². The van der Waals surface area contributed by atoms with Crippen molar-refractivity contribution in [3.05, 3.63) is 105 Å². The molecule has 0 aliphatic rings. The van der Waals surface area contributed by atoms with Gasteiger partial charge in [0.15, 0.2) is 23.7 Å². The Hall–Kier alpha value is 13.2. The number of methoxy groups -OCH3 is 1. The second-order valence-corrected chi connectivity index (χ2v) is 172. The molecule has 0 saturated carbocycles. The Balaban J connectivity index is 0.000000623. The van der Waals surface area contributed by atoms with Crippen LogP contribution in [0.25, 0.3) is 11.3 Å². The van der Waals surface area contributed by atoms with Crippen molar-refractivity contribution in [1.82, 2.24) is 9.97 Å². The molecule has 23 atom stereocenters. The molecule has 0 bridgehead atoms. The monoisotopic (exact) mass is 1840 g/mol. The molecule has 0 spiro atoms. The molecule has 2 heterocycles. The predicted octanol–water partition coefficient (Wildman–Crippen LogP) is 27.6. The first-order valence-electron chi connectivity index (χ1n) is 19.6. The van der Waals surface area contributed by atoms with E-state index >= 15 is 0 Å². The predicted molar refractivity (Wildman–Crippen MR) is 466 cm³/mol. The number of aryl methyl sites for hydroxylation is 2. The Kier molecular flexibility index (Phi) is 54.1. The molecule has 0 aliphatic heterocycles. The standard InChI is InChI=1S/C13H9F2NO.C7H7BF2O3.C6H6BrN.H41P39/c1-8-2-3-13(16-6-8)9-4-11(14)10(7-17)12(15)5-9;1-13-7-5(9)2-4(8(11)12)3-6(7)10;1-5-2-3-6(7)8-4-5;1-21-31(20)36(30(18)19)39(37(32(22(2)3)23(4)5)33(24(6)7)25(8)9)38(34(26(10)11)27(12)13)35(28(14)15)29(16)17/h2-7H,1H3;2-3,11-12H,1H3;2-4H,1H3;21H,1-20H2. The number of hydrogen-bond donors (Lipinski definition) is 2. The van der Waals surface area contributed by atoms with E-state index in [-0.39, 0.29) is 138 Å². The summed E-state index contributed by atoms with van der Waals surface area (Å²) in [5.74, 6) is -4.23. The van der Waals surface area contributed by atoms with Gasteiger partial charge in [0.05, 0.1) is 18.4 Å². The first kappa shape index (κ1) is 88.2. The van der Waals surface area contributed by atoms with Crippen LogP contribution >= 0.6 is 328 Å². The molecule has 23 unspecified atom stereocenters. The molecule has 4 aromatic rings. The van der Waals surface area contributed by atoms with Gasteiger partial charge in [-0.3, -0.25) is 9.78 Å².